The van der Waals surface area contributed by atoms with Crippen molar-refractivity contribution in [1.29, 1.82) is 0 Å². The highest BCUT2D eigenvalue weighted by Gasteiger charge is 2.28. The Labute approximate surface area is 162 Å². The maximum absolute atomic E-state index is 12.6. The van der Waals surface area contributed by atoms with Crippen molar-refractivity contribution in [3.63, 3.8) is 0 Å². The van der Waals surface area contributed by atoms with Crippen molar-refractivity contribution in [3.05, 3.63) is 29.3 Å². The molecule has 0 aromatic heterocycles. The van der Waals surface area contributed by atoms with Crippen molar-refractivity contribution in [2.75, 3.05) is 46.0 Å². The molecule has 1 aromatic rings. The van der Waals surface area contributed by atoms with Gasteiger partial charge in [-0.15, -0.1) is 0 Å². The van der Waals surface area contributed by atoms with E-state index in [0.29, 0.717) is 12.6 Å². The number of hydrogen-bond acceptors (Lipinski definition) is 4. The lowest BCUT2D eigenvalue weighted by molar-refractivity contribution is 0.00370. The number of carbonyl (C=O) groups excluding carboxylic acids is 1. The molecule has 2 aliphatic rings. The lowest BCUT2D eigenvalue weighted by atomic mass is 10.0. The third kappa shape index (κ3) is 5.36. The monoisotopic (exact) mass is 375 g/mol. The zero-order valence-corrected chi connectivity index (χ0v) is 16.9. The summed E-state index contributed by atoms with van der Waals surface area (Å²) in [5, 5.41) is 3.08. The molecule has 2 amide bonds. The second kappa shape index (κ2) is 9.42. The average molecular weight is 376 g/mol. The van der Waals surface area contributed by atoms with Crippen LogP contribution in [0.2, 0.25) is 0 Å². The number of rotatable bonds is 5. The highest BCUT2D eigenvalue weighted by atomic mass is 16.5. The summed E-state index contributed by atoms with van der Waals surface area (Å²) in [4.78, 5) is 17.0. The van der Waals surface area contributed by atoms with Gasteiger partial charge in [0.2, 0.25) is 0 Å². The minimum absolute atomic E-state index is 0.0213. The molecule has 1 aromatic carbocycles. The van der Waals surface area contributed by atoms with Crippen LogP contribution in [0.3, 0.4) is 0 Å². The van der Waals surface area contributed by atoms with E-state index in [9.17, 15) is 4.79 Å². The van der Waals surface area contributed by atoms with E-state index < -0.39 is 0 Å². The summed E-state index contributed by atoms with van der Waals surface area (Å²) in [5.74, 6) is 0.921. The van der Waals surface area contributed by atoms with Crippen LogP contribution in [-0.2, 0) is 4.74 Å². The SMILES string of the molecule is Cc1cccc(C)c1OC[C@@H](C)NC(=O)N1CCC(N2CCOCC2)CC1. The van der Waals surface area contributed by atoms with E-state index >= 15 is 0 Å². The number of piperidine rings is 1. The maximum Gasteiger partial charge on any atom is 0.317 e. The third-order valence-corrected chi connectivity index (χ3v) is 5.57. The summed E-state index contributed by atoms with van der Waals surface area (Å²) in [5.41, 5.74) is 2.25. The van der Waals surface area contributed by atoms with Gasteiger partial charge >= 0.3 is 6.03 Å². The number of urea groups is 1. The molecule has 150 valence electrons. The van der Waals surface area contributed by atoms with Gasteiger partial charge in [0.25, 0.3) is 0 Å². The van der Waals surface area contributed by atoms with Crippen LogP contribution in [-0.4, -0.2) is 73.9 Å². The van der Waals surface area contributed by atoms with Crippen molar-refractivity contribution in [3.8, 4) is 5.75 Å². The maximum atomic E-state index is 12.6. The molecular weight excluding hydrogens is 342 g/mol. The largest absolute Gasteiger partial charge is 0.491 e. The number of amides is 2. The smallest absolute Gasteiger partial charge is 0.317 e. The Hall–Kier alpha value is -1.79. The van der Waals surface area contributed by atoms with Crippen molar-refractivity contribution in [1.82, 2.24) is 15.1 Å². The highest BCUT2D eigenvalue weighted by Crippen LogP contribution is 2.22. The quantitative estimate of drug-likeness (QED) is 0.859. The molecule has 2 heterocycles. The molecule has 0 unspecified atom stereocenters. The van der Waals surface area contributed by atoms with Crippen molar-refractivity contribution in [2.45, 2.75) is 45.7 Å². The average Bonchev–Trinajstić information content (AvgIpc) is 2.68. The molecule has 0 saturated carbocycles. The molecule has 2 fully saturated rings. The number of carbonyl (C=O) groups is 1. The number of ether oxygens (including phenoxy) is 2. The lowest BCUT2D eigenvalue weighted by Gasteiger charge is -2.40. The molecular formula is C21H33N3O3. The standard InChI is InChI=1S/C21H33N3O3/c1-16-5-4-6-17(2)20(16)27-15-18(3)22-21(25)24-9-7-19(8-10-24)23-11-13-26-14-12-23/h4-6,18-19H,7-15H2,1-3H3,(H,22,25)/t18-/m1/s1. The van der Waals surface area contributed by atoms with Gasteiger partial charge in [0.05, 0.1) is 19.3 Å². The van der Waals surface area contributed by atoms with Crippen LogP contribution in [0.25, 0.3) is 0 Å². The molecule has 2 aliphatic heterocycles. The van der Waals surface area contributed by atoms with E-state index in [1.54, 1.807) is 0 Å². The molecule has 0 bridgehead atoms. The normalized spacial score (nSPS) is 20.3. The topological polar surface area (TPSA) is 54.0 Å². The fourth-order valence-electron chi connectivity index (χ4n) is 3.96. The van der Waals surface area contributed by atoms with Gasteiger partial charge in [-0.1, -0.05) is 18.2 Å². The van der Waals surface area contributed by atoms with Gasteiger partial charge in [-0.25, -0.2) is 4.79 Å². The zero-order valence-electron chi connectivity index (χ0n) is 16.9. The first kappa shape index (κ1) is 20.0. The first-order valence-corrected chi connectivity index (χ1v) is 10.1. The van der Waals surface area contributed by atoms with Crippen LogP contribution >= 0.6 is 0 Å². The summed E-state index contributed by atoms with van der Waals surface area (Å²) >= 11 is 0. The van der Waals surface area contributed by atoms with Gasteiger partial charge < -0.3 is 19.7 Å². The highest BCUT2D eigenvalue weighted by molar-refractivity contribution is 5.74. The Morgan fingerprint density at radius 3 is 2.44 bits per heavy atom. The molecule has 6 nitrogen and oxygen atoms in total. The minimum atomic E-state index is -0.0338. The first-order chi connectivity index (χ1) is 13.0. The molecule has 0 radical (unpaired) electrons. The van der Waals surface area contributed by atoms with Crippen LogP contribution in [0.1, 0.15) is 30.9 Å². The molecule has 6 heteroatoms. The fraction of sp³-hybridized carbons (Fsp3) is 0.667. The van der Waals surface area contributed by atoms with Crippen LogP contribution in [0, 0.1) is 13.8 Å². The Morgan fingerprint density at radius 2 is 1.81 bits per heavy atom. The molecule has 3 rings (SSSR count). The number of nitrogens with zero attached hydrogens (tertiary/aromatic N) is 2. The number of aryl methyl sites for hydroxylation is 2. The second-order valence-electron chi connectivity index (χ2n) is 7.75. The van der Waals surface area contributed by atoms with E-state index in [2.05, 4.69) is 10.2 Å². The van der Waals surface area contributed by atoms with Gasteiger partial charge in [-0.3, -0.25) is 4.90 Å². The van der Waals surface area contributed by atoms with E-state index in [1.807, 2.05) is 43.9 Å². The van der Waals surface area contributed by atoms with Crippen molar-refractivity contribution < 1.29 is 14.3 Å². The van der Waals surface area contributed by atoms with Crippen LogP contribution < -0.4 is 10.1 Å². The van der Waals surface area contributed by atoms with Gasteiger partial charge in [0.15, 0.2) is 0 Å². The molecule has 0 spiro atoms. The molecule has 2 saturated heterocycles. The number of para-hydroxylation sites is 1. The minimum Gasteiger partial charge on any atom is -0.491 e. The molecule has 0 aliphatic carbocycles. The molecule has 27 heavy (non-hydrogen) atoms. The van der Waals surface area contributed by atoms with Crippen LogP contribution in [0.5, 0.6) is 5.75 Å². The Balaban J connectivity index is 1.41. The second-order valence-corrected chi connectivity index (χ2v) is 7.75. The molecule has 1 N–H and O–H groups in total. The van der Waals surface area contributed by atoms with Crippen LogP contribution in [0.15, 0.2) is 18.2 Å². The van der Waals surface area contributed by atoms with E-state index in [4.69, 9.17) is 9.47 Å². The summed E-state index contributed by atoms with van der Waals surface area (Å²) in [6.07, 6.45) is 2.08. The fourth-order valence-corrected chi connectivity index (χ4v) is 3.96. The number of likely N-dealkylation sites (tertiary alicyclic amines) is 1. The predicted octanol–water partition coefficient (Wildman–Crippen LogP) is 2.58. The van der Waals surface area contributed by atoms with E-state index in [-0.39, 0.29) is 12.1 Å². The van der Waals surface area contributed by atoms with Gasteiger partial charge in [-0.05, 0) is 44.7 Å². The zero-order chi connectivity index (χ0) is 19.2. The Kier molecular flexibility index (Phi) is 6.96. The summed E-state index contributed by atoms with van der Waals surface area (Å²) in [6, 6.07) is 6.70. The van der Waals surface area contributed by atoms with Gasteiger partial charge in [-0.2, -0.15) is 0 Å². The number of benzene rings is 1. The van der Waals surface area contributed by atoms with Crippen molar-refractivity contribution >= 4 is 6.03 Å². The van der Waals surface area contributed by atoms with Gasteiger partial charge in [0, 0.05) is 32.2 Å². The third-order valence-electron chi connectivity index (χ3n) is 5.57. The molecule has 1 atom stereocenters. The van der Waals surface area contributed by atoms with Crippen molar-refractivity contribution in [2.24, 2.45) is 0 Å². The van der Waals surface area contributed by atoms with E-state index in [0.717, 1.165) is 69.1 Å². The number of hydrogen-bond donors (Lipinski definition) is 1. The lowest BCUT2D eigenvalue weighted by Crippen LogP contribution is -2.53. The summed E-state index contributed by atoms with van der Waals surface area (Å²) in [7, 11) is 0. The van der Waals surface area contributed by atoms with Crippen LogP contribution in [0.4, 0.5) is 4.79 Å². The summed E-state index contributed by atoms with van der Waals surface area (Å²) in [6.45, 7) is 11.9. The number of nitrogens with one attached hydrogen (secondary N) is 1. The predicted molar refractivity (Wildman–Crippen MR) is 106 cm³/mol. The first-order valence-electron chi connectivity index (χ1n) is 10.1. The Morgan fingerprint density at radius 1 is 1.19 bits per heavy atom. The number of morpholine rings is 1. The van der Waals surface area contributed by atoms with Gasteiger partial charge in [0.1, 0.15) is 12.4 Å². The Bertz CT molecular complexity index is 603. The summed E-state index contributed by atoms with van der Waals surface area (Å²) < 4.78 is 11.4. The van der Waals surface area contributed by atoms with E-state index in [1.165, 1.54) is 0 Å².